The van der Waals surface area contributed by atoms with Crippen LogP contribution in [0.2, 0.25) is 5.02 Å². The Morgan fingerprint density at radius 1 is 1.38 bits per heavy atom. The number of nitrogens with one attached hydrogen (secondary N) is 1. The molecule has 1 aromatic carbocycles. The summed E-state index contributed by atoms with van der Waals surface area (Å²) in [6.07, 6.45) is 2.47. The van der Waals surface area contributed by atoms with Crippen LogP contribution in [0.5, 0.6) is 5.75 Å². The number of hydrogen-bond donors (Lipinski definition) is 2. The van der Waals surface area contributed by atoms with Gasteiger partial charge in [0.1, 0.15) is 5.75 Å². The molecule has 1 aliphatic heterocycles. The van der Waals surface area contributed by atoms with Crippen molar-refractivity contribution in [2.45, 2.75) is 0 Å². The Hall–Kier alpha value is -2.45. The molecule has 0 radical (unpaired) electrons. The Morgan fingerprint density at radius 2 is 2.17 bits per heavy atom. The number of benzene rings is 1. The Kier molecular flexibility index (Phi) is 5.07. The van der Waals surface area contributed by atoms with E-state index in [0.29, 0.717) is 36.9 Å². The number of nitrogens with zero attached hydrogens (tertiary/aromatic N) is 4. The predicted molar refractivity (Wildman–Crippen MR) is 89.4 cm³/mol. The summed E-state index contributed by atoms with van der Waals surface area (Å²) < 4.78 is 19.2. The van der Waals surface area contributed by atoms with Gasteiger partial charge in [-0.2, -0.15) is 10.1 Å². The first-order chi connectivity index (χ1) is 11.6. The van der Waals surface area contributed by atoms with Crippen molar-refractivity contribution in [2.24, 2.45) is 5.10 Å². The molecule has 0 bridgehead atoms. The highest BCUT2D eigenvalue weighted by atomic mass is 35.5. The van der Waals surface area contributed by atoms with E-state index in [4.69, 9.17) is 16.3 Å². The molecule has 9 heteroatoms. The van der Waals surface area contributed by atoms with E-state index in [0.717, 1.165) is 6.20 Å². The molecule has 24 heavy (non-hydrogen) atoms. The van der Waals surface area contributed by atoms with Crippen molar-refractivity contribution >= 4 is 29.6 Å². The van der Waals surface area contributed by atoms with E-state index >= 15 is 0 Å². The van der Waals surface area contributed by atoms with E-state index in [1.54, 1.807) is 17.0 Å². The van der Waals surface area contributed by atoms with Crippen molar-refractivity contribution in [3.63, 3.8) is 0 Å². The number of aromatic hydroxyl groups is 1. The summed E-state index contributed by atoms with van der Waals surface area (Å²) in [5.74, 6) is -0.106. The van der Waals surface area contributed by atoms with Crippen LogP contribution in [0.3, 0.4) is 0 Å². The summed E-state index contributed by atoms with van der Waals surface area (Å²) in [6.45, 7) is 2.18. The van der Waals surface area contributed by atoms with Crippen LogP contribution in [0, 0.1) is 5.82 Å². The maximum atomic E-state index is 13.9. The largest absolute Gasteiger partial charge is 0.507 e. The van der Waals surface area contributed by atoms with Gasteiger partial charge in [-0.15, -0.1) is 0 Å². The lowest BCUT2D eigenvalue weighted by molar-refractivity contribution is 0.122. The third-order valence-electron chi connectivity index (χ3n) is 3.39. The molecule has 1 fully saturated rings. The fourth-order valence-electron chi connectivity index (χ4n) is 2.20. The summed E-state index contributed by atoms with van der Waals surface area (Å²) in [5.41, 5.74) is 3.05. The molecule has 2 N–H and O–H groups in total. The maximum absolute atomic E-state index is 13.9. The van der Waals surface area contributed by atoms with Crippen LogP contribution >= 0.6 is 11.6 Å². The molecule has 3 rings (SSSR count). The second-order valence-corrected chi connectivity index (χ2v) is 5.47. The first kappa shape index (κ1) is 16.4. The van der Waals surface area contributed by atoms with Crippen LogP contribution in [-0.4, -0.2) is 47.6 Å². The summed E-state index contributed by atoms with van der Waals surface area (Å²) in [4.78, 5) is 9.78. The zero-order chi connectivity index (χ0) is 16.9. The molecule has 2 heterocycles. The van der Waals surface area contributed by atoms with Crippen molar-refractivity contribution in [1.29, 1.82) is 0 Å². The summed E-state index contributed by atoms with van der Waals surface area (Å²) in [5, 5.41) is 14.1. The van der Waals surface area contributed by atoms with Crippen molar-refractivity contribution in [3.8, 4) is 5.75 Å². The fourth-order valence-corrected chi connectivity index (χ4v) is 2.38. The van der Waals surface area contributed by atoms with E-state index in [-0.39, 0.29) is 17.5 Å². The van der Waals surface area contributed by atoms with Crippen LogP contribution in [0.15, 0.2) is 29.5 Å². The van der Waals surface area contributed by atoms with Gasteiger partial charge in [0.15, 0.2) is 11.6 Å². The van der Waals surface area contributed by atoms with Crippen LogP contribution < -0.4 is 10.3 Å². The highest BCUT2D eigenvalue weighted by Crippen LogP contribution is 2.20. The van der Waals surface area contributed by atoms with Crippen LogP contribution in [0.1, 0.15) is 5.56 Å². The fraction of sp³-hybridized carbons (Fsp3) is 0.267. The predicted octanol–water partition coefficient (Wildman–Crippen LogP) is 2.26. The highest BCUT2D eigenvalue weighted by molar-refractivity contribution is 6.30. The molecule has 1 aliphatic rings. The number of phenolic OH excluding ortho intramolecular Hbond substituents is 1. The number of ether oxygens (including phenoxy) is 1. The van der Waals surface area contributed by atoms with Gasteiger partial charge in [-0.1, -0.05) is 11.6 Å². The van der Waals surface area contributed by atoms with E-state index in [1.165, 1.54) is 12.3 Å². The summed E-state index contributed by atoms with van der Waals surface area (Å²) >= 11 is 5.86. The number of morpholine rings is 1. The van der Waals surface area contributed by atoms with Crippen molar-refractivity contribution in [3.05, 3.63) is 40.8 Å². The summed E-state index contributed by atoms with van der Waals surface area (Å²) in [6, 6.07) is 4.60. The number of hydrogen-bond acceptors (Lipinski definition) is 7. The van der Waals surface area contributed by atoms with Gasteiger partial charge < -0.3 is 14.7 Å². The van der Waals surface area contributed by atoms with Crippen molar-refractivity contribution in [2.75, 3.05) is 36.6 Å². The lowest BCUT2D eigenvalue weighted by atomic mass is 10.2. The highest BCUT2D eigenvalue weighted by Gasteiger charge is 2.17. The van der Waals surface area contributed by atoms with Crippen LogP contribution in [0.25, 0.3) is 0 Å². The Bertz CT molecular complexity index is 753. The first-order valence-electron chi connectivity index (χ1n) is 7.26. The number of aromatic nitrogens is 2. The second kappa shape index (κ2) is 7.41. The molecule has 7 nitrogen and oxygen atoms in total. The normalized spacial score (nSPS) is 15.0. The lowest BCUT2D eigenvalue weighted by Gasteiger charge is -2.27. The molecule has 0 amide bonds. The summed E-state index contributed by atoms with van der Waals surface area (Å²) in [7, 11) is 0. The topological polar surface area (TPSA) is 82.9 Å². The molecule has 1 saturated heterocycles. The van der Waals surface area contributed by atoms with Crippen molar-refractivity contribution in [1.82, 2.24) is 9.97 Å². The van der Waals surface area contributed by atoms with Crippen molar-refractivity contribution < 1.29 is 14.2 Å². The molecule has 0 atom stereocenters. The van der Waals surface area contributed by atoms with E-state index in [9.17, 15) is 9.50 Å². The average Bonchev–Trinajstić information content (AvgIpc) is 2.60. The molecule has 1 aromatic heterocycles. The minimum absolute atomic E-state index is 0.0407. The van der Waals surface area contributed by atoms with Gasteiger partial charge in [-0.05, 0) is 18.2 Å². The van der Waals surface area contributed by atoms with Gasteiger partial charge in [-0.3, -0.25) is 0 Å². The Morgan fingerprint density at radius 3 is 2.96 bits per heavy atom. The van der Waals surface area contributed by atoms with E-state index in [1.807, 2.05) is 0 Å². The Labute approximate surface area is 142 Å². The monoisotopic (exact) mass is 351 g/mol. The standard InChI is InChI=1S/C15H15ClFN5O2/c16-11-1-2-13(23)10(7-11)8-19-21-15-18-9-12(17)14(20-15)22-3-5-24-6-4-22/h1-2,7-9,23H,3-6H2,(H,18,20,21)/b19-8+. The van der Waals surface area contributed by atoms with Crippen LogP contribution in [0.4, 0.5) is 16.2 Å². The van der Waals surface area contributed by atoms with Gasteiger partial charge in [0.05, 0.1) is 25.6 Å². The van der Waals surface area contributed by atoms with Gasteiger partial charge in [-0.25, -0.2) is 14.8 Å². The number of phenols is 1. The average molecular weight is 352 g/mol. The molecule has 0 aliphatic carbocycles. The number of rotatable bonds is 4. The maximum Gasteiger partial charge on any atom is 0.245 e. The zero-order valence-electron chi connectivity index (χ0n) is 12.6. The molecular formula is C15H15ClFN5O2. The molecule has 2 aromatic rings. The first-order valence-corrected chi connectivity index (χ1v) is 7.64. The molecule has 0 saturated carbocycles. The number of hydrazone groups is 1. The SMILES string of the molecule is Oc1ccc(Cl)cc1/C=N/Nc1ncc(F)c(N2CCOCC2)n1. The van der Waals surface area contributed by atoms with Gasteiger partial charge in [0.25, 0.3) is 0 Å². The minimum atomic E-state index is -0.501. The Balaban J connectivity index is 1.73. The zero-order valence-corrected chi connectivity index (χ0v) is 13.4. The molecule has 126 valence electrons. The smallest absolute Gasteiger partial charge is 0.245 e. The number of anilines is 2. The second-order valence-electron chi connectivity index (χ2n) is 5.04. The van der Waals surface area contributed by atoms with Gasteiger partial charge >= 0.3 is 0 Å². The van der Waals surface area contributed by atoms with E-state index < -0.39 is 5.82 Å². The lowest BCUT2D eigenvalue weighted by Crippen LogP contribution is -2.37. The number of halogens is 2. The quantitative estimate of drug-likeness (QED) is 0.649. The third kappa shape index (κ3) is 3.90. The van der Waals surface area contributed by atoms with Gasteiger partial charge in [0.2, 0.25) is 5.95 Å². The van der Waals surface area contributed by atoms with E-state index in [2.05, 4.69) is 20.5 Å². The molecule has 0 spiro atoms. The third-order valence-corrected chi connectivity index (χ3v) is 3.63. The molecular weight excluding hydrogens is 337 g/mol. The molecule has 0 unspecified atom stereocenters. The van der Waals surface area contributed by atoms with Gasteiger partial charge in [0, 0.05) is 23.7 Å². The van der Waals surface area contributed by atoms with Crippen LogP contribution in [-0.2, 0) is 4.74 Å². The minimum Gasteiger partial charge on any atom is -0.507 e.